The zero-order valence-corrected chi connectivity index (χ0v) is 17.6. The number of carbonyl (C=O) groups is 1. The van der Waals surface area contributed by atoms with Crippen LogP contribution in [0.3, 0.4) is 0 Å². The highest BCUT2D eigenvalue weighted by Gasteiger charge is 2.35. The molecule has 1 saturated carbocycles. The summed E-state index contributed by atoms with van der Waals surface area (Å²) in [6.07, 6.45) is 1.89. The standard InChI is InChI=1S/C21H25NO6S/c1-4-29(24,25)28-17-12-8-15(9-13-17)14-22(16-10-11-16)21(23)20-18(26-2)6-5-7-19(20)27-3/h5-9,12-13,16H,4,10-11,14H2,1-3H3. The minimum atomic E-state index is -3.57. The van der Waals surface area contributed by atoms with Crippen molar-refractivity contribution in [1.82, 2.24) is 4.90 Å². The van der Waals surface area contributed by atoms with Gasteiger partial charge in [-0.25, -0.2) is 0 Å². The second-order valence-electron chi connectivity index (χ2n) is 6.78. The molecule has 0 bridgehead atoms. The molecule has 0 radical (unpaired) electrons. The fourth-order valence-electron chi connectivity index (χ4n) is 3.01. The first-order chi connectivity index (χ1) is 13.9. The molecule has 0 unspecified atom stereocenters. The first-order valence-electron chi connectivity index (χ1n) is 9.41. The van der Waals surface area contributed by atoms with Gasteiger partial charge in [0.1, 0.15) is 22.8 Å². The second kappa shape index (κ2) is 8.73. The smallest absolute Gasteiger partial charge is 0.308 e. The molecule has 1 aliphatic carbocycles. The number of hydrogen-bond acceptors (Lipinski definition) is 6. The van der Waals surface area contributed by atoms with Gasteiger partial charge in [0.25, 0.3) is 5.91 Å². The Hall–Kier alpha value is -2.74. The van der Waals surface area contributed by atoms with Gasteiger partial charge in [0.2, 0.25) is 0 Å². The Balaban J connectivity index is 1.82. The molecule has 0 atom stereocenters. The minimum Gasteiger partial charge on any atom is -0.496 e. The van der Waals surface area contributed by atoms with E-state index in [-0.39, 0.29) is 23.5 Å². The van der Waals surface area contributed by atoms with E-state index < -0.39 is 10.1 Å². The molecule has 0 aliphatic heterocycles. The van der Waals surface area contributed by atoms with Crippen molar-refractivity contribution >= 4 is 16.0 Å². The lowest BCUT2D eigenvalue weighted by atomic mass is 10.1. The van der Waals surface area contributed by atoms with Crippen molar-refractivity contribution in [2.45, 2.75) is 32.4 Å². The molecular formula is C21H25NO6S. The van der Waals surface area contributed by atoms with Gasteiger partial charge in [-0.2, -0.15) is 8.42 Å². The third-order valence-corrected chi connectivity index (χ3v) is 5.90. The van der Waals surface area contributed by atoms with Crippen LogP contribution < -0.4 is 13.7 Å². The molecule has 8 heteroatoms. The van der Waals surface area contributed by atoms with Crippen LogP contribution in [0.25, 0.3) is 0 Å². The van der Waals surface area contributed by atoms with E-state index in [0.29, 0.717) is 23.6 Å². The van der Waals surface area contributed by atoms with Gasteiger partial charge in [-0.05, 0) is 49.6 Å². The van der Waals surface area contributed by atoms with Crippen LogP contribution in [0.15, 0.2) is 42.5 Å². The van der Waals surface area contributed by atoms with Crippen LogP contribution in [0.4, 0.5) is 0 Å². The lowest BCUT2D eigenvalue weighted by molar-refractivity contribution is 0.0723. The molecule has 156 valence electrons. The highest BCUT2D eigenvalue weighted by Crippen LogP contribution is 2.35. The average Bonchev–Trinajstić information content (AvgIpc) is 3.57. The van der Waals surface area contributed by atoms with Crippen LogP contribution in [0, 0.1) is 0 Å². The molecule has 1 amide bonds. The molecule has 7 nitrogen and oxygen atoms in total. The van der Waals surface area contributed by atoms with Crippen LogP contribution in [0.1, 0.15) is 35.7 Å². The largest absolute Gasteiger partial charge is 0.496 e. The van der Waals surface area contributed by atoms with Crippen molar-refractivity contribution in [3.8, 4) is 17.2 Å². The topological polar surface area (TPSA) is 82.1 Å². The van der Waals surface area contributed by atoms with Gasteiger partial charge in [0.15, 0.2) is 0 Å². The Morgan fingerprint density at radius 2 is 1.62 bits per heavy atom. The lowest BCUT2D eigenvalue weighted by Gasteiger charge is -2.24. The van der Waals surface area contributed by atoms with Gasteiger partial charge in [0, 0.05) is 12.6 Å². The predicted molar refractivity (Wildman–Crippen MR) is 109 cm³/mol. The fourth-order valence-corrected chi connectivity index (χ4v) is 3.53. The van der Waals surface area contributed by atoms with Crippen molar-refractivity contribution in [2.75, 3.05) is 20.0 Å². The quantitative estimate of drug-likeness (QED) is 0.581. The van der Waals surface area contributed by atoms with Crippen LogP contribution in [0.5, 0.6) is 17.2 Å². The maximum Gasteiger partial charge on any atom is 0.308 e. The van der Waals surface area contributed by atoms with E-state index in [1.165, 1.54) is 21.1 Å². The van der Waals surface area contributed by atoms with E-state index in [9.17, 15) is 13.2 Å². The Labute approximate surface area is 171 Å². The van der Waals surface area contributed by atoms with E-state index in [2.05, 4.69) is 0 Å². The monoisotopic (exact) mass is 419 g/mol. The van der Waals surface area contributed by atoms with Gasteiger partial charge in [-0.3, -0.25) is 4.79 Å². The highest BCUT2D eigenvalue weighted by atomic mass is 32.2. The summed E-state index contributed by atoms with van der Waals surface area (Å²) in [5.74, 6) is 0.934. The van der Waals surface area contributed by atoms with Crippen LogP contribution >= 0.6 is 0 Å². The molecule has 0 spiro atoms. The predicted octanol–water partition coefficient (Wildman–Crippen LogP) is 3.24. The number of rotatable bonds is 9. The molecule has 1 aliphatic rings. The average molecular weight is 419 g/mol. The van der Waals surface area contributed by atoms with Crippen molar-refractivity contribution in [1.29, 1.82) is 0 Å². The zero-order valence-electron chi connectivity index (χ0n) is 16.8. The molecule has 0 aromatic heterocycles. The molecule has 3 rings (SSSR count). The van der Waals surface area contributed by atoms with E-state index in [0.717, 1.165) is 18.4 Å². The maximum atomic E-state index is 13.3. The SMILES string of the molecule is CCS(=O)(=O)Oc1ccc(CN(C(=O)c2c(OC)cccc2OC)C2CC2)cc1. The molecule has 2 aromatic carbocycles. The zero-order chi connectivity index (χ0) is 21.0. The molecule has 0 saturated heterocycles. The van der Waals surface area contributed by atoms with Gasteiger partial charge < -0.3 is 18.6 Å². The van der Waals surface area contributed by atoms with Gasteiger partial charge in [-0.15, -0.1) is 0 Å². The molecule has 2 aromatic rings. The summed E-state index contributed by atoms with van der Waals surface area (Å²) in [6.45, 7) is 1.92. The van der Waals surface area contributed by atoms with E-state index in [1.54, 1.807) is 47.4 Å². The summed E-state index contributed by atoms with van der Waals surface area (Å²) in [4.78, 5) is 15.2. The molecule has 29 heavy (non-hydrogen) atoms. The first kappa shape index (κ1) is 21.0. The van der Waals surface area contributed by atoms with Crippen LogP contribution in [-0.2, 0) is 16.7 Å². The molecular weight excluding hydrogens is 394 g/mol. The van der Waals surface area contributed by atoms with Gasteiger partial charge >= 0.3 is 10.1 Å². The summed E-state index contributed by atoms with van der Waals surface area (Å²) >= 11 is 0. The molecule has 0 heterocycles. The van der Waals surface area contributed by atoms with Crippen LogP contribution in [0.2, 0.25) is 0 Å². The highest BCUT2D eigenvalue weighted by molar-refractivity contribution is 7.87. The number of hydrogen-bond donors (Lipinski definition) is 0. The number of nitrogens with zero attached hydrogens (tertiary/aromatic N) is 1. The summed E-state index contributed by atoms with van der Waals surface area (Å²) < 4.78 is 39.0. The number of ether oxygens (including phenoxy) is 2. The normalized spacial score (nSPS) is 13.6. The van der Waals surface area contributed by atoms with Crippen molar-refractivity contribution in [3.05, 3.63) is 53.6 Å². The molecule has 0 N–H and O–H groups in total. The third-order valence-electron chi connectivity index (χ3n) is 4.74. The number of benzene rings is 2. The lowest BCUT2D eigenvalue weighted by Crippen LogP contribution is -2.33. The Morgan fingerprint density at radius 3 is 2.10 bits per heavy atom. The van der Waals surface area contributed by atoms with Crippen molar-refractivity contribution < 1.29 is 26.9 Å². The summed E-state index contributed by atoms with van der Waals surface area (Å²) in [6, 6.07) is 12.1. The minimum absolute atomic E-state index is 0.0978. The third kappa shape index (κ3) is 5.00. The van der Waals surface area contributed by atoms with Crippen LogP contribution in [-0.4, -0.2) is 45.2 Å². The Morgan fingerprint density at radius 1 is 1.03 bits per heavy atom. The van der Waals surface area contributed by atoms with E-state index in [4.69, 9.17) is 13.7 Å². The van der Waals surface area contributed by atoms with Gasteiger partial charge in [0.05, 0.1) is 20.0 Å². The summed E-state index contributed by atoms with van der Waals surface area (Å²) in [5, 5.41) is 0. The van der Waals surface area contributed by atoms with E-state index in [1.807, 2.05) is 0 Å². The van der Waals surface area contributed by atoms with Crippen molar-refractivity contribution in [3.63, 3.8) is 0 Å². The number of amides is 1. The first-order valence-corrected chi connectivity index (χ1v) is 11.0. The molecule has 1 fully saturated rings. The second-order valence-corrected chi connectivity index (χ2v) is 8.63. The fraction of sp³-hybridized carbons (Fsp3) is 0.381. The number of carbonyl (C=O) groups excluding carboxylic acids is 1. The van der Waals surface area contributed by atoms with Gasteiger partial charge in [-0.1, -0.05) is 18.2 Å². The maximum absolute atomic E-state index is 13.3. The summed E-state index contributed by atoms with van der Waals surface area (Å²) in [7, 11) is -0.521. The summed E-state index contributed by atoms with van der Waals surface area (Å²) in [5.41, 5.74) is 1.28. The number of methoxy groups -OCH3 is 2. The van der Waals surface area contributed by atoms with E-state index >= 15 is 0 Å². The van der Waals surface area contributed by atoms with Crippen molar-refractivity contribution in [2.24, 2.45) is 0 Å². The Bertz CT molecular complexity index is 945. The Kier molecular flexibility index (Phi) is 6.32.